The number of benzene rings is 2. The van der Waals surface area contributed by atoms with Gasteiger partial charge < -0.3 is 0 Å². The molecule has 0 aliphatic rings. The molecule has 0 saturated carbocycles. The molecule has 1 amide bonds. The number of anilines is 1. The van der Waals surface area contributed by atoms with Crippen molar-refractivity contribution in [1.29, 1.82) is 0 Å². The van der Waals surface area contributed by atoms with Gasteiger partial charge in [0.15, 0.2) is 15.0 Å². The largest absolute Gasteiger partial charge is 0.280 e. The highest BCUT2D eigenvalue weighted by molar-refractivity contribution is 7.94. The second-order valence-corrected chi connectivity index (χ2v) is 9.83. The van der Waals surface area contributed by atoms with E-state index in [4.69, 9.17) is 11.6 Å². The smallest absolute Gasteiger partial charge is 0.253 e. The number of carbonyl (C=O) groups excluding carboxylic acids is 1. The van der Waals surface area contributed by atoms with Gasteiger partial charge in [0.1, 0.15) is 0 Å². The van der Waals surface area contributed by atoms with Crippen molar-refractivity contribution in [2.45, 2.75) is 11.4 Å². The number of thiazole rings is 1. The molecule has 6 nitrogen and oxygen atoms in total. The number of hydrogen-bond acceptors (Lipinski definition) is 6. The van der Waals surface area contributed by atoms with Crippen LogP contribution < -0.4 is 4.90 Å². The Labute approximate surface area is 188 Å². The number of hydrogen-bond donors (Lipinski definition) is 0. The van der Waals surface area contributed by atoms with Crippen molar-refractivity contribution in [3.63, 3.8) is 0 Å². The Bertz CT molecular complexity index is 1350. The molecule has 2 aromatic heterocycles. The summed E-state index contributed by atoms with van der Waals surface area (Å²) in [5.41, 5.74) is 1.49. The van der Waals surface area contributed by atoms with Crippen molar-refractivity contribution in [2.75, 3.05) is 4.90 Å². The topological polar surface area (TPSA) is 80.2 Å². The molecular weight excluding hydrogens is 454 g/mol. The number of aromatic nitrogens is 2. The van der Waals surface area contributed by atoms with Gasteiger partial charge in [0.05, 0.1) is 21.7 Å². The fraction of sp³-hybridized carbons (Fsp3) is 0.0455. The van der Waals surface area contributed by atoms with Gasteiger partial charge in [0.2, 0.25) is 0 Å². The molecule has 2 heterocycles. The first-order valence-electron chi connectivity index (χ1n) is 9.17. The van der Waals surface area contributed by atoms with Crippen LogP contribution >= 0.6 is 22.9 Å². The van der Waals surface area contributed by atoms with Crippen LogP contribution in [0.1, 0.15) is 5.56 Å². The van der Waals surface area contributed by atoms with Gasteiger partial charge in [0, 0.05) is 28.9 Å². The standard InChI is InChI=1S/C22H16ClN3O3S2/c23-17-8-9-19-20(13-17)30-22(25-19)26(15-16-5-4-11-24-14-16)21(27)10-12-31(28,29)18-6-2-1-3-7-18/h1-14H,15H2. The molecule has 0 saturated heterocycles. The van der Waals surface area contributed by atoms with Gasteiger partial charge in [-0.3, -0.25) is 14.7 Å². The second-order valence-electron chi connectivity index (χ2n) is 6.55. The van der Waals surface area contributed by atoms with Crippen LogP contribution in [0.4, 0.5) is 5.13 Å². The van der Waals surface area contributed by atoms with Crippen molar-refractivity contribution in [3.8, 4) is 0 Å². The highest BCUT2D eigenvalue weighted by Gasteiger charge is 2.20. The summed E-state index contributed by atoms with van der Waals surface area (Å²) in [6.45, 7) is 0.190. The van der Waals surface area contributed by atoms with Crippen molar-refractivity contribution in [1.82, 2.24) is 9.97 Å². The second kappa shape index (κ2) is 8.97. The molecule has 0 spiro atoms. The molecule has 0 unspecified atom stereocenters. The van der Waals surface area contributed by atoms with Crippen LogP contribution in [0, 0.1) is 0 Å². The summed E-state index contributed by atoms with van der Waals surface area (Å²) in [7, 11) is -3.75. The highest BCUT2D eigenvalue weighted by atomic mass is 35.5. The zero-order chi connectivity index (χ0) is 21.8. The molecule has 156 valence electrons. The van der Waals surface area contributed by atoms with E-state index < -0.39 is 15.7 Å². The lowest BCUT2D eigenvalue weighted by Gasteiger charge is -2.18. The van der Waals surface area contributed by atoms with Crippen molar-refractivity contribution < 1.29 is 13.2 Å². The van der Waals surface area contributed by atoms with E-state index in [9.17, 15) is 13.2 Å². The Morgan fingerprint density at radius 1 is 1.10 bits per heavy atom. The predicted molar refractivity (Wildman–Crippen MR) is 123 cm³/mol. The van der Waals surface area contributed by atoms with Gasteiger partial charge in [-0.25, -0.2) is 13.4 Å². The first-order valence-corrected chi connectivity index (χ1v) is 11.9. The van der Waals surface area contributed by atoms with E-state index in [0.717, 1.165) is 21.7 Å². The van der Waals surface area contributed by atoms with Crippen LogP contribution in [0.15, 0.2) is 89.4 Å². The zero-order valence-corrected chi connectivity index (χ0v) is 18.4. The normalized spacial score (nSPS) is 11.8. The third-order valence-electron chi connectivity index (χ3n) is 4.36. The Kier molecular flexibility index (Phi) is 6.13. The van der Waals surface area contributed by atoms with Gasteiger partial charge >= 0.3 is 0 Å². The maximum absolute atomic E-state index is 13.1. The van der Waals surface area contributed by atoms with Crippen LogP contribution in [0.3, 0.4) is 0 Å². The van der Waals surface area contributed by atoms with Crippen LogP contribution in [-0.4, -0.2) is 24.3 Å². The van der Waals surface area contributed by atoms with Gasteiger partial charge in [-0.1, -0.05) is 47.2 Å². The summed E-state index contributed by atoms with van der Waals surface area (Å²) in [5, 5.41) is 1.93. The van der Waals surface area contributed by atoms with E-state index in [1.54, 1.807) is 54.9 Å². The van der Waals surface area contributed by atoms with Gasteiger partial charge in [-0.2, -0.15) is 0 Å². The number of fused-ring (bicyclic) bond motifs is 1. The first-order chi connectivity index (χ1) is 14.9. The van der Waals surface area contributed by atoms with E-state index in [2.05, 4.69) is 9.97 Å². The molecule has 0 radical (unpaired) electrons. The molecule has 0 fully saturated rings. The zero-order valence-electron chi connectivity index (χ0n) is 16.1. The number of pyridine rings is 1. The van der Waals surface area contributed by atoms with Crippen LogP contribution in [0.2, 0.25) is 5.02 Å². The number of rotatable bonds is 6. The minimum atomic E-state index is -3.75. The van der Waals surface area contributed by atoms with Crippen LogP contribution in [0.25, 0.3) is 10.2 Å². The van der Waals surface area contributed by atoms with Crippen molar-refractivity contribution >= 4 is 54.0 Å². The summed E-state index contributed by atoms with van der Waals surface area (Å²) in [4.78, 5) is 23.2. The minimum Gasteiger partial charge on any atom is -0.280 e. The van der Waals surface area contributed by atoms with E-state index in [-0.39, 0.29) is 11.4 Å². The Balaban J connectivity index is 1.68. The molecule has 0 bridgehead atoms. The summed E-state index contributed by atoms with van der Waals surface area (Å²) in [5.74, 6) is -0.506. The molecule has 4 rings (SSSR count). The third-order valence-corrected chi connectivity index (χ3v) is 7.06. The first kappa shape index (κ1) is 21.2. The molecule has 0 atom stereocenters. The number of halogens is 1. The van der Waals surface area contributed by atoms with Crippen LogP contribution in [-0.2, 0) is 21.2 Å². The summed E-state index contributed by atoms with van der Waals surface area (Å²) in [6.07, 6.45) is 4.34. The molecular formula is C22H16ClN3O3S2. The molecule has 4 aromatic rings. The van der Waals surface area contributed by atoms with Gasteiger partial charge in [-0.15, -0.1) is 0 Å². The quantitative estimate of drug-likeness (QED) is 0.376. The maximum Gasteiger partial charge on any atom is 0.253 e. The number of nitrogens with zero attached hydrogens (tertiary/aromatic N) is 3. The van der Waals surface area contributed by atoms with Gasteiger partial charge in [0.25, 0.3) is 5.91 Å². The fourth-order valence-electron chi connectivity index (χ4n) is 2.84. The Morgan fingerprint density at radius 3 is 2.65 bits per heavy atom. The van der Waals surface area contributed by atoms with E-state index in [1.165, 1.54) is 28.4 Å². The third kappa shape index (κ3) is 4.99. The number of carbonyl (C=O) groups is 1. The maximum atomic E-state index is 13.1. The average molecular weight is 470 g/mol. The van der Waals surface area contributed by atoms with E-state index in [1.807, 2.05) is 6.07 Å². The minimum absolute atomic E-state index is 0.118. The van der Waals surface area contributed by atoms with E-state index in [0.29, 0.717) is 15.7 Å². The summed E-state index contributed by atoms with van der Waals surface area (Å²) in [6, 6.07) is 16.8. The molecule has 9 heteroatoms. The number of sulfone groups is 1. The van der Waals surface area contributed by atoms with Crippen molar-refractivity contribution in [2.24, 2.45) is 0 Å². The molecule has 0 N–H and O–H groups in total. The van der Waals surface area contributed by atoms with E-state index >= 15 is 0 Å². The SMILES string of the molecule is O=C(C=CS(=O)(=O)c1ccccc1)N(Cc1cccnc1)c1nc2ccc(Cl)cc2s1. The highest BCUT2D eigenvalue weighted by Crippen LogP contribution is 2.31. The average Bonchev–Trinajstić information content (AvgIpc) is 3.20. The van der Waals surface area contributed by atoms with Crippen molar-refractivity contribution in [3.05, 3.63) is 95.1 Å². The predicted octanol–water partition coefficient (Wildman–Crippen LogP) is 4.87. The molecule has 31 heavy (non-hydrogen) atoms. The summed E-state index contributed by atoms with van der Waals surface area (Å²) < 4.78 is 25.9. The van der Waals surface area contributed by atoms with Crippen LogP contribution in [0.5, 0.6) is 0 Å². The summed E-state index contributed by atoms with van der Waals surface area (Å²) >= 11 is 7.37. The monoisotopic (exact) mass is 469 g/mol. The van der Waals surface area contributed by atoms with Gasteiger partial charge in [-0.05, 0) is 42.0 Å². The Hall–Kier alpha value is -3.07. The molecule has 2 aromatic carbocycles. The number of amides is 1. The molecule has 0 aliphatic carbocycles. The Morgan fingerprint density at radius 2 is 1.90 bits per heavy atom. The molecule has 0 aliphatic heterocycles. The lowest BCUT2D eigenvalue weighted by atomic mass is 10.2. The fourth-order valence-corrected chi connectivity index (χ4v) is 5.08. The lowest BCUT2D eigenvalue weighted by molar-refractivity contribution is -0.114. The lowest BCUT2D eigenvalue weighted by Crippen LogP contribution is -2.28.